The summed E-state index contributed by atoms with van der Waals surface area (Å²) in [6.07, 6.45) is 5.52. The van der Waals surface area contributed by atoms with Crippen LogP contribution in [0.2, 0.25) is 0 Å². The van der Waals surface area contributed by atoms with Crippen molar-refractivity contribution in [1.29, 1.82) is 0 Å². The fourth-order valence-corrected chi connectivity index (χ4v) is 3.89. The molecule has 0 aliphatic carbocycles. The van der Waals surface area contributed by atoms with Gasteiger partial charge in [0.2, 0.25) is 0 Å². The van der Waals surface area contributed by atoms with Crippen LogP contribution < -0.4 is 0 Å². The number of pyridine rings is 1. The normalized spacial score (nSPS) is 15.0. The van der Waals surface area contributed by atoms with Gasteiger partial charge in [0.25, 0.3) is 0 Å². The molecular formula is C20H25BrN2O2. The number of piperidine rings is 1. The summed E-state index contributed by atoms with van der Waals surface area (Å²) in [5.74, 6) is -0.282. The SMILES string of the molecule is C=C(c1c(C)c(C(=O)OC(C)C)cc2c(Br)ccn12)N1CCCCC1. The molecule has 1 saturated heterocycles. The predicted octanol–water partition coefficient (Wildman–Crippen LogP) is 5.03. The molecule has 3 heterocycles. The number of ether oxygens (including phenoxy) is 1. The largest absolute Gasteiger partial charge is 0.459 e. The van der Waals surface area contributed by atoms with Gasteiger partial charge in [-0.1, -0.05) is 6.58 Å². The van der Waals surface area contributed by atoms with Crippen molar-refractivity contribution in [2.75, 3.05) is 13.1 Å². The van der Waals surface area contributed by atoms with E-state index in [1.165, 1.54) is 19.3 Å². The summed E-state index contributed by atoms with van der Waals surface area (Å²) in [4.78, 5) is 14.9. The minimum atomic E-state index is -0.282. The zero-order valence-corrected chi connectivity index (χ0v) is 16.7. The third-order valence-electron chi connectivity index (χ3n) is 4.73. The minimum absolute atomic E-state index is 0.146. The van der Waals surface area contributed by atoms with Gasteiger partial charge < -0.3 is 14.0 Å². The zero-order chi connectivity index (χ0) is 18.1. The van der Waals surface area contributed by atoms with Crippen molar-refractivity contribution < 1.29 is 9.53 Å². The van der Waals surface area contributed by atoms with Crippen LogP contribution in [0.1, 0.15) is 54.7 Å². The maximum absolute atomic E-state index is 12.6. The lowest BCUT2D eigenvalue weighted by atomic mass is 10.0. The molecule has 1 fully saturated rings. The first-order valence-corrected chi connectivity index (χ1v) is 9.65. The van der Waals surface area contributed by atoms with Gasteiger partial charge in [-0.3, -0.25) is 0 Å². The standard InChI is InChI=1S/C20H25BrN2O2/c1-13(2)25-20(24)16-12-18-17(21)8-11-23(18)19(14(16)3)15(4)22-9-6-5-7-10-22/h8,11-13H,4-7,9-10H2,1-3H3. The maximum atomic E-state index is 12.6. The Morgan fingerprint density at radius 3 is 2.60 bits per heavy atom. The second kappa shape index (κ2) is 7.24. The van der Waals surface area contributed by atoms with Gasteiger partial charge in [0.1, 0.15) is 0 Å². The number of nitrogens with zero attached hydrogens (tertiary/aromatic N) is 2. The first-order chi connectivity index (χ1) is 11.9. The van der Waals surface area contributed by atoms with E-state index in [9.17, 15) is 4.79 Å². The Morgan fingerprint density at radius 1 is 1.28 bits per heavy atom. The molecule has 0 spiro atoms. The molecule has 0 aromatic carbocycles. The van der Waals surface area contributed by atoms with Crippen LogP contribution >= 0.6 is 15.9 Å². The Labute approximate surface area is 157 Å². The Hall–Kier alpha value is -1.75. The molecule has 0 amide bonds. The molecule has 5 heteroatoms. The maximum Gasteiger partial charge on any atom is 0.338 e. The third kappa shape index (κ3) is 3.47. The average Bonchev–Trinajstić information content (AvgIpc) is 2.94. The molecule has 25 heavy (non-hydrogen) atoms. The summed E-state index contributed by atoms with van der Waals surface area (Å²) >= 11 is 3.59. The van der Waals surface area contributed by atoms with Crippen LogP contribution in [0.5, 0.6) is 0 Å². The minimum Gasteiger partial charge on any atom is -0.459 e. The van der Waals surface area contributed by atoms with Crippen molar-refractivity contribution >= 4 is 33.1 Å². The van der Waals surface area contributed by atoms with Gasteiger partial charge in [-0.2, -0.15) is 0 Å². The average molecular weight is 405 g/mol. The highest BCUT2D eigenvalue weighted by Crippen LogP contribution is 2.31. The number of likely N-dealkylation sites (tertiary alicyclic amines) is 1. The van der Waals surface area contributed by atoms with E-state index in [1.807, 2.05) is 39.1 Å². The molecule has 2 aromatic rings. The summed E-state index contributed by atoms with van der Waals surface area (Å²) in [7, 11) is 0. The van der Waals surface area contributed by atoms with Gasteiger partial charge >= 0.3 is 5.97 Å². The van der Waals surface area contributed by atoms with E-state index < -0.39 is 0 Å². The Balaban J connectivity index is 2.13. The van der Waals surface area contributed by atoms with E-state index in [0.717, 1.165) is 40.0 Å². The van der Waals surface area contributed by atoms with E-state index in [4.69, 9.17) is 4.74 Å². The predicted molar refractivity (Wildman–Crippen MR) is 105 cm³/mol. The third-order valence-corrected chi connectivity index (χ3v) is 5.40. The highest BCUT2D eigenvalue weighted by molar-refractivity contribution is 9.10. The van der Waals surface area contributed by atoms with Crippen LogP contribution in [-0.4, -0.2) is 34.5 Å². The summed E-state index contributed by atoms with van der Waals surface area (Å²) in [6.45, 7) is 12.1. The van der Waals surface area contributed by atoms with Gasteiger partial charge in [0.15, 0.2) is 0 Å². The highest BCUT2D eigenvalue weighted by Gasteiger charge is 2.23. The van der Waals surface area contributed by atoms with Crippen LogP contribution in [0.4, 0.5) is 0 Å². The molecule has 0 bridgehead atoms. The second-order valence-electron chi connectivity index (χ2n) is 6.90. The van der Waals surface area contributed by atoms with Crippen molar-refractivity contribution in [2.24, 2.45) is 0 Å². The Bertz CT molecular complexity index is 817. The molecule has 1 aliphatic rings. The number of esters is 1. The number of rotatable bonds is 4. The Morgan fingerprint density at radius 2 is 1.96 bits per heavy atom. The lowest BCUT2D eigenvalue weighted by molar-refractivity contribution is 0.0377. The van der Waals surface area contributed by atoms with Crippen molar-refractivity contribution in [3.8, 4) is 0 Å². The molecule has 0 atom stereocenters. The van der Waals surface area contributed by atoms with E-state index in [0.29, 0.717) is 5.56 Å². The van der Waals surface area contributed by atoms with Crippen LogP contribution in [0.15, 0.2) is 29.4 Å². The van der Waals surface area contributed by atoms with Gasteiger partial charge in [-0.15, -0.1) is 0 Å². The number of fused-ring (bicyclic) bond motifs is 1. The van der Waals surface area contributed by atoms with E-state index in [-0.39, 0.29) is 12.1 Å². The van der Waals surface area contributed by atoms with Gasteiger partial charge in [-0.05, 0) is 73.7 Å². The molecule has 4 nitrogen and oxygen atoms in total. The fraction of sp³-hybridized carbons (Fsp3) is 0.450. The van der Waals surface area contributed by atoms with Crippen LogP contribution in [0.25, 0.3) is 11.2 Å². The zero-order valence-electron chi connectivity index (χ0n) is 15.1. The lowest BCUT2D eigenvalue weighted by Crippen LogP contribution is -2.29. The first-order valence-electron chi connectivity index (χ1n) is 8.85. The molecule has 134 valence electrons. The van der Waals surface area contributed by atoms with Gasteiger partial charge in [-0.25, -0.2) is 4.79 Å². The van der Waals surface area contributed by atoms with Crippen molar-refractivity contribution in [3.05, 3.63) is 46.2 Å². The van der Waals surface area contributed by atoms with E-state index in [1.54, 1.807) is 0 Å². The number of hydrogen-bond acceptors (Lipinski definition) is 3. The summed E-state index contributed by atoms with van der Waals surface area (Å²) in [5, 5.41) is 0. The topological polar surface area (TPSA) is 34.0 Å². The second-order valence-corrected chi connectivity index (χ2v) is 7.75. The first kappa shape index (κ1) is 18.1. The van der Waals surface area contributed by atoms with Crippen molar-refractivity contribution in [2.45, 2.75) is 46.1 Å². The molecule has 3 rings (SSSR count). The van der Waals surface area contributed by atoms with Gasteiger partial charge in [0.05, 0.1) is 28.6 Å². The molecule has 0 saturated carbocycles. The molecule has 1 aliphatic heterocycles. The van der Waals surface area contributed by atoms with E-state index >= 15 is 0 Å². The van der Waals surface area contributed by atoms with Crippen LogP contribution in [0.3, 0.4) is 0 Å². The fourth-order valence-electron chi connectivity index (χ4n) is 3.47. The molecule has 2 aromatic heterocycles. The molecule has 0 N–H and O–H groups in total. The molecule has 0 radical (unpaired) electrons. The van der Waals surface area contributed by atoms with Crippen molar-refractivity contribution in [1.82, 2.24) is 9.30 Å². The summed E-state index contributed by atoms with van der Waals surface area (Å²) in [5.41, 5.74) is 4.44. The number of carbonyl (C=O) groups is 1. The summed E-state index contributed by atoms with van der Waals surface area (Å²) < 4.78 is 8.53. The lowest BCUT2D eigenvalue weighted by Gasteiger charge is -2.32. The van der Waals surface area contributed by atoms with E-state index in [2.05, 4.69) is 31.8 Å². The number of aromatic nitrogens is 1. The molecule has 0 unspecified atom stereocenters. The summed E-state index contributed by atoms with van der Waals surface area (Å²) in [6, 6.07) is 3.90. The van der Waals surface area contributed by atoms with Crippen LogP contribution in [-0.2, 0) is 4.74 Å². The smallest absolute Gasteiger partial charge is 0.338 e. The van der Waals surface area contributed by atoms with Crippen LogP contribution in [0, 0.1) is 6.92 Å². The Kier molecular flexibility index (Phi) is 5.23. The number of halogens is 1. The quantitative estimate of drug-likeness (QED) is 0.669. The number of hydrogen-bond donors (Lipinski definition) is 0. The molecular weight excluding hydrogens is 380 g/mol. The highest BCUT2D eigenvalue weighted by atomic mass is 79.9. The monoisotopic (exact) mass is 404 g/mol. The number of carbonyl (C=O) groups excluding carboxylic acids is 1. The van der Waals surface area contributed by atoms with Crippen molar-refractivity contribution in [3.63, 3.8) is 0 Å². The van der Waals surface area contributed by atoms with Gasteiger partial charge in [0, 0.05) is 23.8 Å².